The maximum Gasteiger partial charge on any atom is 0.248 e. The van der Waals surface area contributed by atoms with Gasteiger partial charge < -0.3 is 18.9 Å². The van der Waals surface area contributed by atoms with Crippen LogP contribution in [0.1, 0.15) is 13.3 Å². The summed E-state index contributed by atoms with van der Waals surface area (Å²) < 4.78 is 11.8. The fourth-order valence-electron chi connectivity index (χ4n) is 2.48. The molecule has 0 rings (SSSR count). The Hall–Kier alpha value is -0.476. The predicted molar refractivity (Wildman–Crippen MR) is 101 cm³/mol. The molecular formula is C16H35NO4Si2. The van der Waals surface area contributed by atoms with Crippen LogP contribution < -0.4 is 0 Å². The summed E-state index contributed by atoms with van der Waals surface area (Å²) in [5.41, 5.74) is 0.468. The molecule has 5 nitrogen and oxygen atoms in total. The summed E-state index contributed by atoms with van der Waals surface area (Å²) in [6, 6.07) is 1.06. The van der Waals surface area contributed by atoms with E-state index in [1.165, 1.54) is 4.90 Å². The first-order valence-corrected chi connectivity index (χ1v) is 14.7. The van der Waals surface area contributed by atoms with Crippen molar-refractivity contribution in [2.24, 2.45) is 0 Å². The topological polar surface area (TPSA) is 59.0 Å². The van der Waals surface area contributed by atoms with E-state index in [0.717, 1.165) is 12.5 Å². The minimum absolute atomic E-state index is 0.153. The van der Waals surface area contributed by atoms with Crippen LogP contribution in [-0.4, -0.2) is 65.5 Å². The van der Waals surface area contributed by atoms with Gasteiger partial charge in [-0.25, -0.2) is 0 Å². The van der Waals surface area contributed by atoms with E-state index in [1.807, 2.05) is 0 Å². The predicted octanol–water partition coefficient (Wildman–Crippen LogP) is 2.85. The van der Waals surface area contributed by atoms with Crippen LogP contribution in [0.15, 0.2) is 12.2 Å². The molecule has 1 unspecified atom stereocenters. The second-order valence-electron chi connectivity index (χ2n) is 7.77. The zero-order valence-electron chi connectivity index (χ0n) is 15.9. The van der Waals surface area contributed by atoms with Gasteiger partial charge in [-0.1, -0.05) is 6.58 Å². The SMILES string of the molecule is C=C(C)C(=O)N(C)CC(O)COCCC[Si](C)(C)O[Si](C)(C)C. The highest BCUT2D eigenvalue weighted by Gasteiger charge is 2.28. The van der Waals surface area contributed by atoms with Crippen molar-refractivity contribution < 1.29 is 18.8 Å². The van der Waals surface area contributed by atoms with Gasteiger partial charge in [0, 0.05) is 25.8 Å². The van der Waals surface area contributed by atoms with Gasteiger partial charge in [-0.2, -0.15) is 0 Å². The van der Waals surface area contributed by atoms with Crippen molar-refractivity contribution >= 4 is 22.5 Å². The normalized spacial score (nSPS) is 13.7. The molecule has 0 aliphatic carbocycles. The number of ether oxygens (including phenoxy) is 1. The summed E-state index contributed by atoms with van der Waals surface area (Å²) in [7, 11) is -1.44. The van der Waals surface area contributed by atoms with E-state index < -0.39 is 22.7 Å². The van der Waals surface area contributed by atoms with E-state index in [1.54, 1.807) is 14.0 Å². The zero-order valence-corrected chi connectivity index (χ0v) is 17.9. The Labute approximate surface area is 143 Å². The molecule has 7 heteroatoms. The molecule has 0 saturated carbocycles. The lowest BCUT2D eigenvalue weighted by molar-refractivity contribution is -0.127. The highest BCUT2D eigenvalue weighted by Crippen LogP contribution is 2.19. The minimum atomic E-state index is -1.61. The lowest BCUT2D eigenvalue weighted by Gasteiger charge is -2.31. The molecular weight excluding hydrogens is 326 g/mol. The molecule has 0 radical (unpaired) electrons. The highest BCUT2D eigenvalue weighted by molar-refractivity contribution is 6.84. The molecule has 0 aliphatic heterocycles. The molecule has 1 N–H and O–H groups in total. The van der Waals surface area contributed by atoms with Crippen LogP contribution in [0.3, 0.4) is 0 Å². The first kappa shape index (κ1) is 22.5. The molecule has 136 valence electrons. The molecule has 23 heavy (non-hydrogen) atoms. The van der Waals surface area contributed by atoms with Gasteiger partial charge in [0.1, 0.15) is 0 Å². The summed E-state index contributed by atoms with van der Waals surface area (Å²) >= 11 is 0. The molecule has 0 aromatic carbocycles. The number of hydrogen-bond donors (Lipinski definition) is 1. The Kier molecular flexibility index (Phi) is 9.53. The standard InChI is InChI=1S/C16H35NO4Si2/c1-14(2)16(19)17(3)12-15(18)13-20-10-9-11-23(7,8)21-22(4,5)6/h15,18H,1,9-13H2,2-8H3. The Bertz CT molecular complexity index is 394. The third-order valence-electron chi connectivity index (χ3n) is 3.16. The minimum Gasteiger partial charge on any atom is -0.456 e. The number of aliphatic hydroxyl groups is 1. The number of rotatable bonds is 11. The summed E-state index contributed by atoms with van der Waals surface area (Å²) in [5, 5.41) is 9.90. The van der Waals surface area contributed by atoms with E-state index in [4.69, 9.17) is 8.85 Å². The molecule has 0 heterocycles. The maximum absolute atomic E-state index is 11.6. The van der Waals surface area contributed by atoms with Crippen LogP contribution in [0.2, 0.25) is 38.8 Å². The Morgan fingerprint density at radius 2 is 1.83 bits per heavy atom. The van der Waals surface area contributed by atoms with E-state index in [-0.39, 0.29) is 19.1 Å². The number of nitrogens with zero attached hydrogens (tertiary/aromatic N) is 1. The van der Waals surface area contributed by atoms with Gasteiger partial charge >= 0.3 is 0 Å². The molecule has 1 amide bonds. The maximum atomic E-state index is 11.6. The number of amides is 1. The average molecular weight is 362 g/mol. The fraction of sp³-hybridized carbons (Fsp3) is 0.812. The van der Waals surface area contributed by atoms with E-state index >= 15 is 0 Å². The van der Waals surface area contributed by atoms with Crippen LogP contribution in [0.25, 0.3) is 0 Å². The molecule has 0 spiro atoms. The van der Waals surface area contributed by atoms with E-state index in [0.29, 0.717) is 12.2 Å². The van der Waals surface area contributed by atoms with Crippen molar-refractivity contribution in [2.75, 3.05) is 26.8 Å². The van der Waals surface area contributed by atoms with E-state index in [9.17, 15) is 9.90 Å². The smallest absolute Gasteiger partial charge is 0.248 e. The van der Waals surface area contributed by atoms with Gasteiger partial charge in [-0.05, 0) is 52.1 Å². The van der Waals surface area contributed by atoms with E-state index in [2.05, 4.69) is 39.3 Å². The zero-order chi connectivity index (χ0) is 18.3. The molecule has 0 fully saturated rings. The third kappa shape index (κ3) is 11.7. The monoisotopic (exact) mass is 361 g/mol. The first-order valence-electron chi connectivity index (χ1n) is 8.21. The second kappa shape index (κ2) is 9.73. The van der Waals surface area contributed by atoms with Crippen molar-refractivity contribution in [1.82, 2.24) is 4.90 Å². The lowest BCUT2D eigenvalue weighted by Crippen LogP contribution is -2.42. The van der Waals surface area contributed by atoms with Gasteiger partial charge in [0.25, 0.3) is 0 Å². The highest BCUT2D eigenvalue weighted by atomic mass is 28.4. The molecule has 0 bridgehead atoms. The van der Waals surface area contributed by atoms with Crippen LogP contribution in [0.4, 0.5) is 0 Å². The van der Waals surface area contributed by atoms with Gasteiger partial charge in [-0.15, -0.1) is 0 Å². The van der Waals surface area contributed by atoms with Crippen LogP contribution in [0, 0.1) is 0 Å². The second-order valence-corrected chi connectivity index (χ2v) is 16.8. The van der Waals surface area contributed by atoms with Gasteiger partial charge in [-0.3, -0.25) is 4.79 Å². The summed E-state index contributed by atoms with van der Waals surface area (Å²) in [6.45, 7) is 17.5. The Balaban J connectivity index is 3.91. The average Bonchev–Trinajstić information content (AvgIpc) is 2.33. The summed E-state index contributed by atoms with van der Waals surface area (Å²) in [5.74, 6) is -0.153. The van der Waals surface area contributed by atoms with Crippen molar-refractivity contribution in [3.05, 3.63) is 12.2 Å². The Morgan fingerprint density at radius 1 is 1.26 bits per heavy atom. The largest absolute Gasteiger partial charge is 0.456 e. The summed E-state index contributed by atoms with van der Waals surface area (Å²) in [4.78, 5) is 13.1. The van der Waals surface area contributed by atoms with Crippen molar-refractivity contribution in [3.8, 4) is 0 Å². The third-order valence-corrected chi connectivity index (χ3v) is 9.37. The summed E-state index contributed by atoms with van der Waals surface area (Å²) in [6.07, 6.45) is 0.267. The van der Waals surface area contributed by atoms with Crippen molar-refractivity contribution in [1.29, 1.82) is 0 Å². The molecule has 0 aromatic heterocycles. The van der Waals surface area contributed by atoms with Crippen molar-refractivity contribution in [2.45, 2.75) is 58.2 Å². The lowest BCUT2D eigenvalue weighted by atomic mass is 10.3. The molecule has 0 aliphatic rings. The van der Waals surface area contributed by atoms with Crippen LogP contribution >= 0.6 is 0 Å². The van der Waals surface area contributed by atoms with Gasteiger partial charge in [0.05, 0.1) is 12.7 Å². The molecule has 0 aromatic rings. The van der Waals surface area contributed by atoms with Crippen LogP contribution in [-0.2, 0) is 13.6 Å². The van der Waals surface area contributed by atoms with Crippen LogP contribution in [0.5, 0.6) is 0 Å². The number of likely N-dealkylation sites (N-methyl/N-ethyl adjacent to an activating group) is 1. The number of carbonyl (C=O) groups is 1. The quantitative estimate of drug-likeness (QED) is 0.349. The first-order chi connectivity index (χ1) is 10.3. The molecule has 0 saturated heterocycles. The van der Waals surface area contributed by atoms with Gasteiger partial charge in [0.15, 0.2) is 16.6 Å². The number of aliphatic hydroxyl groups excluding tert-OH is 1. The Morgan fingerprint density at radius 3 is 2.30 bits per heavy atom. The fourth-order valence-corrected chi connectivity index (χ4v) is 10.5. The molecule has 1 atom stereocenters. The number of carbonyl (C=O) groups excluding carboxylic acids is 1. The van der Waals surface area contributed by atoms with Gasteiger partial charge in [0.2, 0.25) is 5.91 Å². The number of hydrogen-bond acceptors (Lipinski definition) is 4. The van der Waals surface area contributed by atoms with Crippen molar-refractivity contribution in [3.63, 3.8) is 0 Å².